The molecule has 330 valence electrons. The first-order valence-electron chi connectivity index (χ1n) is 24.1. The summed E-state index contributed by atoms with van der Waals surface area (Å²) in [5.41, 5.74) is 0. The van der Waals surface area contributed by atoms with E-state index in [4.69, 9.17) is 4.74 Å². The minimum absolute atomic E-state index is 0.0293. The molecule has 0 radical (unpaired) electrons. The topological polar surface area (TPSA) is 95.9 Å². The van der Waals surface area contributed by atoms with Gasteiger partial charge in [-0.05, 0) is 38.5 Å². The highest BCUT2D eigenvalue weighted by molar-refractivity contribution is 5.77. The maximum absolute atomic E-state index is 13.1. The van der Waals surface area contributed by atoms with Gasteiger partial charge in [-0.2, -0.15) is 0 Å². The zero-order chi connectivity index (χ0) is 41.7. The molecule has 0 fully saturated rings. The molecule has 0 aliphatic rings. The van der Waals surface area contributed by atoms with Crippen LogP contribution in [0.1, 0.15) is 226 Å². The van der Waals surface area contributed by atoms with E-state index in [1.165, 1.54) is 122 Å². The number of carbonyl (C=O) groups is 2. The van der Waals surface area contributed by atoms with E-state index in [1.807, 2.05) is 48.6 Å². The normalized spacial score (nSPS) is 13.8. The Labute approximate surface area is 352 Å². The van der Waals surface area contributed by atoms with Gasteiger partial charge in [0.25, 0.3) is 0 Å². The van der Waals surface area contributed by atoms with Gasteiger partial charge in [-0.1, -0.05) is 236 Å². The molecule has 0 aromatic rings. The Hall–Kier alpha value is -2.44. The standard InChI is InChI=1S/C51H91NO5/c1-4-7-10-13-16-19-22-24-26-29-32-35-38-41-44-51(56)57-47(42-39-36-33-30-28-25-23-20-17-14-11-8-5-2)45-50(55)52-48(46-53)49(54)43-40-37-34-31-27-21-18-15-12-9-6-3/h8,11,14,17,20,23,25,28,30,33,47-49,53-54H,4-7,9-10,12-13,15-16,18-19,21-22,24,26-27,29,31-32,34-46H2,1-3H3,(H,52,55)/b11-8+,17-14+,23-20-,28-25-,33-30+. The maximum atomic E-state index is 13.1. The number of allylic oxidation sites excluding steroid dienone is 10. The molecule has 1 amide bonds. The maximum Gasteiger partial charge on any atom is 0.306 e. The van der Waals surface area contributed by atoms with Crippen LogP contribution in [0.5, 0.6) is 0 Å². The Bertz CT molecular complexity index is 1030. The third-order valence-electron chi connectivity index (χ3n) is 10.7. The summed E-state index contributed by atoms with van der Waals surface area (Å²) < 4.78 is 5.88. The molecule has 3 atom stereocenters. The first-order chi connectivity index (χ1) is 28.0. The monoisotopic (exact) mass is 798 g/mol. The van der Waals surface area contributed by atoms with Crippen LogP contribution in [0, 0.1) is 0 Å². The van der Waals surface area contributed by atoms with Crippen LogP contribution in [0.4, 0.5) is 0 Å². The first kappa shape index (κ1) is 54.6. The van der Waals surface area contributed by atoms with Crippen molar-refractivity contribution in [3.63, 3.8) is 0 Å². The third-order valence-corrected chi connectivity index (χ3v) is 10.7. The lowest BCUT2D eigenvalue weighted by molar-refractivity contribution is -0.151. The lowest BCUT2D eigenvalue weighted by Gasteiger charge is -2.24. The van der Waals surface area contributed by atoms with Gasteiger partial charge in [-0.25, -0.2) is 0 Å². The second-order valence-electron chi connectivity index (χ2n) is 16.3. The number of unbranched alkanes of at least 4 members (excludes halogenated alkanes) is 24. The smallest absolute Gasteiger partial charge is 0.306 e. The molecule has 0 rings (SSSR count). The Morgan fingerprint density at radius 2 is 0.947 bits per heavy atom. The van der Waals surface area contributed by atoms with Crippen LogP contribution in [0.3, 0.4) is 0 Å². The summed E-state index contributed by atoms with van der Waals surface area (Å²) in [5.74, 6) is -0.544. The third kappa shape index (κ3) is 40.1. The second kappa shape index (κ2) is 44.7. The fourth-order valence-electron chi connectivity index (χ4n) is 7.10. The van der Waals surface area contributed by atoms with Crippen LogP contribution in [-0.4, -0.2) is 46.9 Å². The quantitative estimate of drug-likeness (QED) is 0.0325. The molecule has 0 aromatic heterocycles. The number of aliphatic hydroxyl groups is 2. The Kier molecular flexibility index (Phi) is 42.7. The number of carbonyl (C=O) groups excluding carboxylic acids is 2. The number of ether oxygens (including phenoxy) is 1. The van der Waals surface area contributed by atoms with Crippen LogP contribution in [0.2, 0.25) is 0 Å². The molecule has 57 heavy (non-hydrogen) atoms. The Balaban J connectivity index is 4.69. The van der Waals surface area contributed by atoms with Crippen LogP contribution in [0.15, 0.2) is 60.8 Å². The first-order valence-corrected chi connectivity index (χ1v) is 24.1. The average molecular weight is 798 g/mol. The zero-order valence-electron chi connectivity index (χ0n) is 37.5. The summed E-state index contributed by atoms with van der Waals surface area (Å²) in [6.45, 7) is 6.30. The molecule has 0 saturated carbocycles. The van der Waals surface area contributed by atoms with E-state index in [2.05, 4.69) is 38.2 Å². The summed E-state index contributed by atoms with van der Waals surface area (Å²) in [5, 5.41) is 23.6. The highest BCUT2D eigenvalue weighted by Crippen LogP contribution is 2.17. The molecule has 6 nitrogen and oxygen atoms in total. The van der Waals surface area contributed by atoms with Crippen molar-refractivity contribution in [2.24, 2.45) is 0 Å². The average Bonchev–Trinajstić information content (AvgIpc) is 3.20. The summed E-state index contributed by atoms with van der Waals surface area (Å²) >= 11 is 0. The number of amides is 1. The molecular weight excluding hydrogens is 707 g/mol. The minimum atomic E-state index is -0.805. The highest BCUT2D eigenvalue weighted by atomic mass is 16.5. The Morgan fingerprint density at radius 3 is 1.40 bits per heavy atom. The van der Waals surface area contributed by atoms with E-state index in [0.29, 0.717) is 19.3 Å². The molecule has 0 spiro atoms. The van der Waals surface area contributed by atoms with Crippen molar-refractivity contribution in [2.75, 3.05) is 6.61 Å². The van der Waals surface area contributed by atoms with E-state index >= 15 is 0 Å². The lowest BCUT2D eigenvalue weighted by Crippen LogP contribution is -2.46. The predicted molar refractivity (Wildman–Crippen MR) is 245 cm³/mol. The van der Waals surface area contributed by atoms with E-state index in [1.54, 1.807) is 0 Å². The largest absolute Gasteiger partial charge is 0.462 e. The molecule has 0 aliphatic heterocycles. The highest BCUT2D eigenvalue weighted by Gasteiger charge is 2.24. The molecule has 0 aliphatic carbocycles. The van der Waals surface area contributed by atoms with Crippen LogP contribution in [-0.2, 0) is 14.3 Å². The minimum Gasteiger partial charge on any atom is -0.462 e. The summed E-state index contributed by atoms with van der Waals surface area (Å²) in [7, 11) is 0. The fraction of sp³-hybridized carbons (Fsp3) is 0.765. The molecule has 0 bridgehead atoms. The number of esters is 1. The molecule has 0 saturated heterocycles. The number of nitrogens with one attached hydrogen (secondary N) is 1. The van der Waals surface area contributed by atoms with Gasteiger partial charge in [0, 0.05) is 6.42 Å². The number of hydrogen-bond donors (Lipinski definition) is 3. The zero-order valence-corrected chi connectivity index (χ0v) is 37.5. The van der Waals surface area contributed by atoms with E-state index < -0.39 is 18.2 Å². The van der Waals surface area contributed by atoms with E-state index in [-0.39, 0.29) is 24.9 Å². The second-order valence-corrected chi connectivity index (χ2v) is 16.3. The summed E-state index contributed by atoms with van der Waals surface area (Å²) in [4.78, 5) is 26.0. The van der Waals surface area contributed by atoms with Gasteiger partial charge in [0.2, 0.25) is 5.91 Å². The van der Waals surface area contributed by atoms with Gasteiger partial charge in [0.1, 0.15) is 6.10 Å². The van der Waals surface area contributed by atoms with Crippen LogP contribution >= 0.6 is 0 Å². The number of rotatable bonds is 42. The molecule has 6 heteroatoms. The number of aliphatic hydroxyl groups excluding tert-OH is 2. The van der Waals surface area contributed by atoms with Gasteiger partial charge in [0.15, 0.2) is 0 Å². The lowest BCUT2D eigenvalue weighted by atomic mass is 10.0. The molecule has 3 N–H and O–H groups in total. The van der Waals surface area contributed by atoms with Gasteiger partial charge < -0.3 is 20.3 Å². The van der Waals surface area contributed by atoms with Crippen molar-refractivity contribution in [2.45, 2.75) is 244 Å². The fourth-order valence-corrected chi connectivity index (χ4v) is 7.10. The SMILES string of the molecule is CC/C=C/C=C/C=C\C=C/C=C/CCCC(CC(=O)NC(CO)C(O)CCCCCCCCCCCCC)OC(=O)CCCCCCCCCCCCCCCC. The molecule has 0 aromatic carbocycles. The molecular formula is C51H91NO5. The predicted octanol–water partition coefficient (Wildman–Crippen LogP) is 14.1. The van der Waals surface area contributed by atoms with E-state index in [0.717, 1.165) is 57.8 Å². The van der Waals surface area contributed by atoms with Gasteiger partial charge in [-0.3, -0.25) is 9.59 Å². The van der Waals surface area contributed by atoms with Gasteiger partial charge in [-0.15, -0.1) is 0 Å². The van der Waals surface area contributed by atoms with E-state index in [9.17, 15) is 19.8 Å². The Morgan fingerprint density at radius 1 is 0.526 bits per heavy atom. The van der Waals surface area contributed by atoms with Gasteiger partial charge >= 0.3 is 5.97 Å². The molecule has 0 heterocycles. The molecule has 3 unspecified atom stereocenters. The van der Waals surface area contributed by atoms with Crippen molar-refractivity contribution >= 4 is 11.9 Å². The van der Waals surface area contributed by atoms with Crippen molar-refractivity contribution in [1.29, 1.82) is 0 Å². The van der Waals surface area contributed by atoms with Crippen LogP contribution in [0.25, 0.3) is 0 Å². The summed E-state index contributed by atoms with van der Waals surface area (Å²) in [6.07, 6.45) is 54.3. The number of hydrogen-bond acceptors (Lipinski definition) is 5. The van der Waals surface area contributed by atoms with Crippen molar-refractivity contribution in [1.82, 2.24) is 5.32 Å². The van der Waals surface area contributed by atoms with Crippen molar-refractivity contribution in [3.8, 4) is 0 Å². The van der Waals surface area contributed by atoms with Crippen LogP contribution < -0.4 is 5.32 Å². The van der Waals surface area contributed by atoms with Crippen molar-refractivity contribution < 1.29 is 24.5 Å². The summed E-state index contributed by atoms with van der Waals surface area (Å²) in [6, 6.07) is -0.723. The van der Waals surface area contributed by atoms with Gasteiger partial charge in [0.05, 0.1) is 25.2 Å². The van der Waals surface area contributed by atoms with Crippen molar-refractivity contribution in [3.05, 3.63) is 60.8 Å².